The van der Waals surface area contributed by atoms with Gasteiger partial charge in [-0.1, -0.05) is 23.7 Å². The van der Waals surface area contributed by atoms with Crippen molar-refractivity contribution < 1.29 is 10.2 Å². The van der Waals surface area contributed by atoms with Crippen LogP contribution in [0, 0.1) is 5.92 Å². The summed E-state index contributed by atoms with van der Waals surface area (Å²) in [6.45, 7) is 3.54. The predicted molar refractivity (Wildman–Crippen MR) is 86.5 cm³/mol. The number of hydrogen-bond donors (Lipinski definition) is 2. The van der Waals surface area contributed by atoms with E-state index in [9.17, 15) is 5.11 Å². The van der Waals surface area contributed by atoms with Crippen LogP contribution in [0.4, 0.5) is 0 Å². The number of halogens is 1. The molecule has 21 heavy (non-hydrogen) atoms. The second-order valence-electron chi connectivity index (χ2n) is 5.96. The van der Waals surface area contributed by atoms with Crippen molar-refractivity contribution in [3.8, 4) is 0 Å². The summed E-state index contributed by atoms with van der Waals surface area (Å²) in [6.07, 6.45) is 4.88. The number of hydrogen-bond acceptors (Lipinski definition) is 3. The Kier molecular flexibility index (Phi) is 6.97. The molecule has 1 aromatic carbocycles. The standard InChI is InChI=1S/C17H26ClNO2/c18-16-6-4-14(5-7-16)17(21)15-8-11-19(12-9-15)10-2-1-3-13-20/h4-7,15,17,20-21H,1-3,8-13H2. The lowest BCUT2D eigenvalue weighted by Gasteiger charge is -2.34. The largest absolute Gasteiger partial charge is 0.396 e. The maximum Gasteiger partial charge on any atom is 0.0819 e. The number of benzene rings is 1. The van der Waals surface area contributed by atoms with E-state index in [2.05, 4.69) is 4.90 Å². The van der Waals surface area contributed by atoms with Gasteiger partial charge in [-0.15, -0.1) is 0 Å². The number of aliphatic hydroxyl groups is 2. The van der Waals surface area contributed by atoms with E-state index >= 15 is 0 Å². The van der Waals surface area contributed by atoms with Crippen molar-refractivity contribution in [3.05, 3.63) is 34.9 Å². The van der Waals surface area contributed by atoms with Crippen molar-refractivity contribution >= 4 is 11.6 Å². The lowest BCUT2D eigenvalue weighted by molar-refractivity contribution is 0.0583. The fraction of sp³-hybridized carbons (Fsp3) is 0.647. The first kappa shape index (κ1) is 16.8. The van der Waals surface area contributed by atoms with E-state index in [1.807, 2.05) is 24.3 Å². The van der Waals surface area contributed by atoms with Crippen LogP contribution in [0.2, 0.25) is 5.02 Å². The molecule has 1 aliphatic rings. The van der Waals surface area contributed by atoms with Crippen LogP contribution in [0.15, 0.2) is 24.3 Å². The van der Waals surface area contributed by atoms with Crippen molar-refractivity contribution in [2.24, 2.45) is 5.92 Å². The van der Waals surface area contributed by atoms with Crippen molar-refractivity contribution in [2.45, 2.75) is 38.2 Å². The number of nitrogens with zero attached hydrogens (tertiary/aromatic N) is 1. The highest BCUT2D eigenvalue weighted by Crippen LogP contribution is 2.31. The van der Waals surface area contributed by atoms with Gasteiger partial charge in [0.1, 0.15) is 0 Å². The minimum atomic E-state index is -0.376. The minimum Gasteiger partial charge on any atom is -0.396 e. The van der Waals surface area contributed by atoms with E-state index in [-0.39, 0.29) is 6.10 Å². The Labute approximate surface area is 132 Å². The van der Waals surface area contributed by atoms with Crippen molar-refractivity contribution in [1.29, 1.82) is 0 Å². The molecule has 1 fully saturated rings. The molecule has 0 saturated carbocycles. The number of unbranched alkanes of at least 4 members (excludes halogenated alkanes) is 2. The topological polar surface area (TPSA) is 43.7 Å². The Morgan fingerprint density at radius 2 is 1.76 bits per heavy atom. The van der Waals surface area contributed by atoms with E-state index < -0.39 is 0 Å². The summed E-state index contributed by atoms with van der Waals surface area (Å²) >= 11 is 5.89. The van der Waals surface area contributed by atoms with Gasteiger partial charge in [-0.3, -0.25) is 0 Å². The molecule has 0 aliphatic carbocycles. The van der Waals surface area contributed by atoms with Gasteiger partial charge in [0.2, 0.25) is 0 Å². The molecule has 1 unspecified atom stereocenters. The Bertz CT molecular complexity index is 402. The van der Waals surface area contributed by atoms with Crippen molar-refractivity contribution in [1.82, 2.24) is 4.90 Å². The van der Waals surface area contributed by atoms with Gasteiger partial charge in [-0.2, -0.15) is 0 Å². The van der Waals surface area contributed by atoms with Crippen LogP contribution in [0.1, 0.15) is 43.8 Å². The number of likely N-dealkylation sites (tertiary alicyclic amines) is 1. The summed E-state index contributed by atoms with van der Waals surface area (Å²) in [5.74, 6) is 0.347. The third-order valence-electron chi connectivity index (χ3n) is 4.42. The minimum absolute atomic E-state index is 0.301. The lowest BCUT2D eigenvalue weighted by Crippen LogP contribution is -2.36. The van der Waals surface area contributed by atoms with Crippen LogP contribution < -0.4 is 0 Å². The van der Waals surface area contributed by atoms with Crippen LogP contribution in [-0.2, 0) is 0 Å². The molecule has 1 heterocycles. The monoisotopic (exact) mass is 311 g/mol. The molecule has 0 radical (unpaired) electrons. The zero-order valence-electron chi connectivity index (χ0n) is 12.5. The second kappa shape index (κ2) is 8.74. The van der Waals surface area contributed by atoms with Gasteiger partial charge in [-0.25, -0.2) is 0 Å². The average molecular weight is 312 g/mol. The molecule has 1 aliphatic heterocycles. The third-order valence-corrected chi connectivity index (χ3v) is 4.67. The molecule has 0 aromatic heterocycles. The van der Waals surface area contributed by atoms with Gasteiger partial charge in [0.15, 0.2) is 0 Å². The van der Waals surface area contributed by atoms with Crippen LogP contribution in [0.3, 0.4) is 0 Å². The summed E-state index contributed by atoms with van der Waals surface area (Å²) in [5, 5.41) is 20.0. The summed E-state index contributed by atoms with van der Waals surface area (Å²) in [4.78, 5) is 2.47. The smallest absolute Gasteiger partial charge is 0.0819 e. The van der Waals surface area contributed by atoms with Gasteiger partial charge < -0.3 is 15.1 Å². The molecule has 2 N–H and O–H groups in total. The molecule has 1 aromatic rings. The van der Waals surface area contributed by atoms with Gasteiger partial charge in [0, 0.05) is 11.6 Å². The quantitative estimate of drug-likeness (QED) is 0.760. The van der Waals surface area contributed by atoms with Crippen molar-refractivity contribution in [3.63, 3.8) is 0 Å². The number of rotatable bonds is 7. The first-order valence-corrected chi connectivity index (χ1v) is 8.35. The molecule has 4 heteroatoms. The van der Waals surface area contributed by atoms with Crippen LogP contribution in [-0.4, -0.2) is 41.4 Å². The van der Waals surface area contributed by atoms with E-state index in [0.29, 0.717) is 17.5 Å². The molecular weight excluding hydrogens is 286 g/mol. The maximum absolute atomic E-state index is 10.5. The van der Waals surface area contributed by atoms with E-state index in [0.717, 1.165) is 57.3 Å². The van der Waals surface area contributed by atoms with E-state index in [1.165, 1.54) is 0 Å². The number of aliphatic hydroxyl groups excluding tert-OH is 2. The highest BCUT2D eigenvalue weighted by molar-refractivity contribution is 6.30. The molecule has 0 amide bonds. The zero-order chi connectivity index (χ0) is 15.1. The van der Waals surface area contributed by atoms with Gasteiger partial charge in [-0.05, 0) is 75.4 Å². The molecule has 2 rings (SSSR count). The van der Waals surface area contributed by atoms with Crippen LogP contribution in [0.25, 0.3) is 0 Å². The lowest BCUT2D eigenvalue weighted by atomic mass is 9.87. The Balaban J connectivity index is 1.74. The SMILES string of the molecule is OCCCCCN1CCC(C(O)c2ccc(Cl)cc2)CC1. The summed E-state index contributed by atoms with van der Waals surface area (Å²) < 4.78 is 0. The molecule has 0 spiro atoms. The molecular formula is C17H26ClNO2. The van der Waals surface area contributed by atoms with E-state index in [1.54, 1.807) is 0 Å². The third kappa shape index (κ3) is 5.26. The maximum atomic E-state index is 10.5. The fourth-order valence-electron chi connectivity index (χ4n) is 3.05. The molecule has 118 valence electrons. The Morgan fingerprint density at radius 3 is 2.38 bits per heavy atom. The molecule has 3 nitrogen and oxygen atoms in total. The van der Waals surface area contributed by atoms with Crippen LogP contribution in [0.5, 0.6) is 0 Å². The normalized spacial score (nSPS) is 18.8. The second-order valence-corrected chi connectivity index (χ2v) is 6.40. The zero-order valence-corrected chi connectivity index (χ0v) is 13.3. The first-order chi connectivity index (χ1) is 10.2. The summed E-state index contributed by atoms with van der Waals surface area (Å²) in [7, 11) is 0. The predicted octanol–water partition coefficient (Wildman–Crippen LogP) is 3.25. The Hall–Kier alpha value is -0.610. The fourth-order valence-corrected chi connectivity index (χ4v) is 3.17. The van der Waals surface area contributed by atoms with Gasteiger partial charge in [0.05, 0.1) is 6.10 Å². The molecule has 1 saturated heterocycles. The van der Waals surface area contributed by atoms with E-state index in [4.69, 9.17) is 16.7 Å². The van der Waals surface area contributed by atoms with Crippen LogP contribution >= 0.6 is 11.6 Å². The Morgan fingerprint density at radius 1 is 1.10 bits per heavy atom. The first-order valence-electron chi connectivity index (χ1n) is 7.97. The van der Waals surface area contributed by atoms with Crippen molar-refractivity contribution in [2.75, 3.05) is 26.2 Å². The molecule has 0 bridgehead atoms. The number of piperidine rings is 1. The average Bonchev–Trinajstić information content (AvgIpc) is 2.52. The molecule has 1 atom stereocenters. The highest BCUT2D eigenvalue weighted by Gasteiger charge is 2.25. The van der Waals surface area contributed by atoms with Gasteiger partial charge in [0.25, 0.3) is 0 Å². The summed E-state index contributed by atoms with van der Waals surface area (Å²) in [5.41, 5.74) is 0.973. The highest BCUT2D eigenvalue weighted by atomic mass is 35.5. The summed E-state index contributed by atoms with van der Waals surface area (Å²) in [6, 6.07) is 7.54. The van der Waals surface area contributed by atoms with Gasteiger partial charge >= 0.3 is 0 Å².